The molecule has 4 aromatic carbocycles. The summed E-state index contributed by atoms with van der Waals surface area (Å²) in [5.74, 6) is 0.180. The Morgan fingerprint density at radius 1 is 0.760 bits per heavy atom. The third kappa shape index (κ3) is 2.68. The Labute approximate surface area is 145 Å². The number of carbonyl (C=O) groups is 1. The van der Waals surface area contributed by atoms with Gasteiger partial charge >= 0.3 is 0 Å². The van der Waals surface area contributed by atoms with Gasteiger partial charge in [0.1, 0.15) is 12.0 Å². The van der Waals surface area contributed by atoms with Crippen molar-refractivity contribution in [2.24, 2.45) is 0 Å². The van der Waals surface area contributed by atoms with Crippen LogP contribution in [-0.4, -0.2) is 11.4 Å². The summed E-state index contributed by atoms with van der Waals surface area (Å²) in [6, 6.07) is 25.5. The van der Waals surface area contributed by atoms with Gasteiger partial charge in [0.05, 0.1) is 0 Å². The summed E-state index contributed by atoms with van der Waals surface area (Å²) in [7, 11) is 0. The Kier molecular flexibility index (Phi) is 3.79. The molecule has 0 atom stereocenters. The van der Waals surface area contributed by atoms with E-state index in [2.05, 4.69) is 30.3 Å². The fourth-order valence-corrected chi connectivity index (χ4v) is 3.36. The zero-order valence-corrected chi connectivity index (χ0v) is 13.5. The first-order valence-corrected chi connectivity index (χ1v) is 8.13. The Morgan fingerprint density at radius 3 is 2.24 bits per heavy atom. The standard InChI is InChI=1S/C23H16O2/c24-13-12-20(16-7-5-8-18(25)14-16)23-15-17-6-1-2-9-19(17)21-10-3-4-11-22(21)23/h1-15,25H. The summed E-state index contributed by atoms with van der Waals surface area (Å²) in [4.78, 5) is 11.3. The number of fused-ring (bicyclic) bond motifs is 3. The molecule has 2 nitrogen and oxygen atoms in total. The lowest BCUT2D eigenvalue weighted by molar-refractivity contribution is -0.104. The molecule has 0 unspecified atom stereocenters. The third-order valence-corrected chi connectivity index (χ3v) is 4.45. The maximum Gasteiger partial charge on any atom is 0.143 e. The molecule has 0 fully saturated rings. The number of aldehydes is 1. The molecule has 0 saturated carbocycles. The van der Waals surface area contributed by atoms with Gasteiger partial charge in [0, 0.05) is 0 Å². The lowest BCUT2D eigenvalue weighted by atomic mass is 9.90. The second-order valence-corrected chi connectivity index (χ2v) is 5.96. The molecule has 120 valence electrons. The molecule has 0 aliphatic rings. The van der Waals surface area contributed by atoms with Crippen LogP contribution in [0.2, 0.25) is 0 Å². The number of rotatable bonds is 3. The number of phenols is 1. The van der Waals surface area contributed by atoms with Gasteiger partial charge in [0.25, 0.3) is 0 Å². The lowest BCUT2D eigenvalue weighted by Crippen LogP contribution is -1.92. The number of allylic oxidation sites excluding steroid dienone is 1. The van der Waals surface area contributed by atoms with Gasteiger partial charge in [-0.2, -0.15) is 0 Å². The minimum absolute atomic E-state index is 0.180. The van der Waals surface area contributed by atoms with Crippen LogP contribution in [0.1, 0.15) is 11.1 Å². The molecule has 0 radical (unpaired) electrons. The highest BCUT2D eigenvalue weighted by atomic mass is 16.3. The Hall–Kier alpha value is -3.39. The van der Waals surface area contributed by atoms with Gasteiger partial charge in [-0.25, -0.2) is 0 Å². The maximum absolute atomic E-state index is 11.3. The van der Waals surface area contributed by atoms with E-state index in [1.807, 2.05) is 30.3 Å². The molecule has 2 heteroatoms. The molecular weight excluding hydrogens is 308 g/mol. The molecule has 0 bridgehead atoms. The van der Waals surface area contributed by atoms with E-state index in [4.69, 9.17) is 0 Å². The SMILES string of the molecule is O=CC=C(c1cccc(O)c1)c1cc2ccccc2c2ccccc12. The van der Waals surface area contributed by atoms with Crippen molar-refractivity contribution in [2.75, 3.05) is 0 Å². The maximum atomic E-state index is 11.3. The van der Waals surface area contributed by atoms with Gasteiger partial charge in [0.2, 0.25) is 0 Å². The van der Waals surface area contributed by atoms with Gasteiger partial charge in [-0.1, -0.05) is 60.7 Å². The molecule has 0 amide bonds. The smallest absolute Gasteiger partial charge is 0.143 e. The fourth-order valence-electron chi connectivity index (χ4n) is 3.36. The van der Waals surface area contributed by atoms with Gasteiger partial charge in [-0.3, -0.25) is 4.79 Å². The van der Waals surface area contributed by atoms with Crippen molar-refractivity contribution >= 4 is 33.4 Å². The van der Waals surface area contributed by atoms with Crippen LogP contribution >= 0.6 is 0 Å². The zero-order valence-electron chi connectivity index (χ0n) is 13.5. The summed E-state index contributed by atoms with van der Waals surface area (Å²) in [5.41, 5.74) is 2.59. The largest absolute Gasteiger partial charge is 0.508 e. The van der Waals surface area contributed by atoms with Gasteiger partial charge in [-0.15, -0.1) is 0 Å². The van der Waals surface area contributed by atoms with Crippen molar-refractivity contribution in [3.8, 4) is 5.75 Å². The highest BCUT2D eigenvalue weighted by Gasteiger charge is 2.12. The molecule has 0 saturated heterocycles. The minimum atomic E-state index is 0.180. The first-order valence-electron chi connectivity index (χ1n) is 8.13. The van der Waals surface area contributed by atoms with E-state index in [0.29, 0.717) is 0 Å². The molecule has 0 aromatic heterocycles. The number of hydrogen-bond acceptors (Lipinski definition) is 2. The van der Waals surface area contributed by atoms with Crippen LogP contribution in [0.15, 0.2) is 84.9 Å². The predicted octanol–water partition coefficient (Wildman–Crippen LogP) is 5.33. The average Bonchev–Trinajstić information content (AvgIpc) is 2.65. The van der Waals surface area contributed by atoms with Crippen molar-refractivity contribution in [3.05, 3.63) is 96.1 Å². The van der Waals surface area contributed by atoms with Crippen molar-refractivity contribution in [1.82, 2.24) is 0 Å². The normalized spacial score (nSPS) is 11.8. The summed E-state index contributed by atoms with van der Waals surface area (Å²) in [6.07, 6.45) is 2.36. The highest BCUT2D eigenvalue weighted by Crippen LogP contribution is 2.35. The highest BCUT2D eigenvalue weighted by molar-refractivity contribution is 6.13. The van der Waals surface area contributed by atoms with Crippen LogP contribution in [0.5, 0.6) is 5.75 Å². The second-order valence-electron chi connectivity index (χ2n) is 5.96. The van der Waals surface area contributed by atoms with E-state index in [1.165, 1.54) is 5.39 Å². The predicted molar refractivity (Wildman–Crippen MR) is 103 cm³/mol. The number of carbonyl (C=O) groups excluding carboxylic acids is 1. The Balaban J connectivity index is 2.09. The van der Waals surface area contributed by atoms with E-state index in [1.54, 1.807) is 24.3 Å². The van der Waals surface area contributed by atoms with E-state index in [9.17, 15) is 9.90 Å². The third-order valence-electron chi connectivity index (χ3n) is 4.45. The molecule has 4 aromatic rings. The number of hydrogen-bond donors (Lipinski definition) is 1. The van der Waals surface area contributed by atoms with Crippen molar-refractivity contribution in [2.45, 2.75) is 0 Å². The summed E-state index contributed by atoms with van der Waals surface area (Å²) < 4.78 is 0. The van der Waals surface area contributed by atoms with Crippen molar-refractivity contribution in [3.63, 3.8) is 0 Å². The molecular formula is C23H16O2. The van der Waals surface area contributed by atoms with E-state index in [-0.39, 0.29) is 5.75 Å². The van der Waals surface area contributed by atoms with Gasteiger partial charge in [-0.05, 0) is 62.5 Å². The Morgan fingerprint density at radius 2 is 1.48 bits per heavy atom. The fraction of sp³-hybridized carbons (Fsp3) is 0. The topological polar surface area (TPSA) is 37.3 Å². The van der Waals surface area contributed by atoms with Crippen LogP contribution in [0.25, 0.3) is 27.1 Å². The summed E-state index contributed by atoms with van der Waals surface area (Å²) in [6.45, 7) is 0. The second kappa shape index (κ2) is 6.25. The molecule has 0 heterocycles. The monoisotopic (exact) mass is 324 g/mol. The molecule has 0 aliphatic heterocycles. The van der Waals surface area contributed by atoms with Gasteiger partial charge < -0.3 is 5.11 Å². The quantitative estimate of drug-likeness (QED) is 0.314. The zero-order chi connectivity index (χ0) is 17.2. The average molecular weight is 324 g/mol. The minimum Gasteiger partial charge on any atom is -0.508 e. The number of benzene rings is 4. The van der Waals surface area contributed by atoms with E-state index in [0.717, 1.165) is 39.1 Å². The number of phenolic OH excluding ortho intramolecular Hbond substituents is 1. The first kappa shape index (κ1) is 15.2. The molecule has 0 aliphatic carbocycles. The van der Waals surface area contributed by atoms with Crippen molar-refractivity contribution < 1.29 is 9.90 Å². The lowest BCUT2D eigenvalue weighted by Gasteiger charge is -2.14. The first-order chi connectivity index (χ1) is 12.3. The Bertz CT molecular complexity index is 1120. The summed E-state index contributed by atoms with van der Waals surface area (Å²) >= 11 is 0. The van der Waals surface area contributed by atoms with Crippen LogP contribution in [0.3, 0.4) is 0 Å². The molecule has 1 N–H and O–H groups in total. The van der Waals surface area contributed by atoms with Crippen LogP contribution in [0, 0.1) is 0 Å². The molecule has 4 rings (SSSR count). The van der Waals surface area contributed by atoms with Crippen LogP contribution < -0.4 is 0 Å². The van der Waals surface area contributed by atoms with E-state index >= 15 is 0 Å². The molecule has 25 heavy (non-hydrogen) atoms. The van der Waals surface area contributed by atoms with Crippen molar-refractivity contribution in [1.29, 1.82) is 0 Å². The van der Waals surface area contributed by atoms with Crippen LogP contribution in [-0.2, 0) is 4.79 Å². The van der Waals surface area contributed by atoms with E-state index < -0.39 is 0 Å². The van der Waals surface area contributed by atoms with Crippen LogP contribution in [0.4, 0.5) is 0 Å². The molecule has 0 spiro atoms. The number of aromatic hydroxyl groups is 1. The summed E-state index contributed by atoms with van der Waals surface area (Å²) in [5, 5.41) is 14.4. The van der Waals surface area contributed by atoms with Gasteiger partial charge in [0.15, 0.2) is 0 Å².